The molecule has 88 valence electrons. The topological polar surface area (TPSA) is 69.6 Å². The second-order valence-electron chi connectivity index (χ2n) is 4.44. The van der Waals surface area contributed by atoms with Gasteiger partial charge in [-0.3, -0.25) is 0 Å². The van der Waals surface area contributed by atoms with Crippen LogP contribution < -0.4 is 5.73 Å². The number of halogens is 1. The van der Waals surface area contributed by atoms with Crippen LogP contribution in [0.1, 0.15) is 19.4 Å². The van der Waals surface area contributed by atoms with Gasteiger partial charge < -0.3 is 5.73 Å². The first-order chi connectivity index (χ1) is 8.18. The molecule has 0 amide bonds. The lowest BCUT2D eigenvalue weighted by molar-refractivity contribution is 0.584. The van der Waals surface area contributed by atoms with E-state index in [1.807, 2.05) is 22.9 Å². The summed E-state index contributed by atoms with van der Waals surface area (Å²) in [5.74, 6) is 1.43. The minimum absolute atomic E-state index is 0.424. The molecule has 1 aromatic heterocycles. The van der Waals surface area contributed by atoms with Gasteiger partial charge in [0, 0.05) is 11.3 Å². The highest BCUT2D eigenvalue weighted by atomic mass is 79.9. The number of anilines is 1. The average molecular weight is 294 g/mol. The van der Waals surface area contributed by atoms with Gasteiger partial charge in [0.25, 0.3) is 0 Å². The molecule has 1 fully saturated rings. The molecule has 2 N–H and O–H groups in total. The van der Waals surface area contributed by atoms with Crippen molar-refractivity contribution in [1.82, 2.24) is 20.2 Å². The third-order valence-corrected chi connectivity index (χ3v) is 4.03. The molecule has 17 heavy (non-hydrogen) atoms. The number of hydrogen-bond acceptors (Lipinski definition) is 4. The first kappa shape index (κ1) is 10.7. The van der Waals surface area contributed by atoms with Crippen LogP contribution in [0.2, 0.25) is 0 Å². The standard InChI is InChI=1S/C11H12BrN5/c1-6-5-9(6)17-11(14-15-16-17)7-3-2-4-8(13)10(7)12/h2-4,6,9H,5,13H2,1H3. The van der Waals surface area contributed by atoms with Crippen molar-refractivity contribution in [2.45, 2.75) is 19.4 Å². The van der Waals surface area contributed by atoms with Gasteiger partial charge in [-0.05, 0) is 50.8 Å². The number of nitrogens with zero attached hydrogens (tertiary/aromatic N) is 4. The molecule has 0 saturated heterocycles. The zero-order valence-corrected chi connectivity index (χ0v) is 10.9. The maximum Gasteiger partial charge on any atom is 0.183 e. The summed E-state index contributed by atoms with van der Waals surface area (Å²) < 4.78 is 2.74. The summed E-state index contributed by atoms with van der Waals surface area (Å²) in [4.78, 5) is 0. The molecule has 0 spiro atoms. The largest absolute Gasteiger partial charge is 0.398 e. The Morgan fingerprint density at radius 2 is 2.24 bits per heavy atom. The van der Waals surface area contributed by atoms with Crippen LogP contribution in [0.4, 0.5) is 5.69 Å². The average Bonchev–Trinajstić information content (AvgIpc) is 2.86. The van der Waals surface area contributed by atoms with Gasteiger partial charge in [-0.2, -0.15) is 0 Å². The summed E-state index contributed by atoms with van der Waals surface area (Å²) in [5, 5.41) is 11.9. The normalized spacial score (nSPS) is 22.7. The van der Waals surface area contributed by atoms with Crippen molar-refractivity contribution in [3.05, 3.63) is 22.7 Å². The Kier molecular flexibility index (Phi) is 2.39. The number of tetrazole rings is 1. The molecule has 0 aliphatic heterocycles. The minimum Gasteiger partial charge on any atom is -0.398 e. The van der Waals surface area contributed by atoms with E-state index in [1.54, 1.807) is 0 Å². The lowest BCUT2D eigenvalue weighted by Crippen LogP contribution is -2.02. The van der Waals surface area contributed by atoms with Crippen LogP contribution in [0, 0.1) is 5.92 Å². The molecular weight excluding hydrogens is 282 g/mol. The maximum absolute atomic E-state index is 5.87. The highest BCUT2D eigenvalue weighted by Gasteiger charge is 2.37. The molecule has 1 saturated carbocycles. The summed E-state index contributed by atoms with van der Waals surface area (Å²) >= 11 is 3.49. The second kappa shape index (κ2) is 3.80. The Morgan fingerprint density at radius 3 is 2.94 bits per heavy atom. The van der Waals surface area contributed by atoms with E-state index in [0.717, 1.165) is 22.3 Å². The van der Waals surface area contributed by atoms with Crippen molar-refractivity contribution in [3.8, 4) is 11.4 Å². The van der Waals surface area contributed by atoms with E-state index in [-0.39, 0.29) is 0 Å². The van der Waals surface area contributed by atoms with Crippen LogP contribution >= 0.6 is 15.9 Å². The smallest absolute Gasteiger partial charge is 0.183 e. The third kappa shape index (κ3) is 1.72. The van der Waals surface area contributed by atoms with Gasteiger partial charge in [-0.1, -0.05) is 13.0 Å². The Hall–Kier alpha value is -1.43. The molecule has 1 aliphatic carbocycles. The van der Waals surface area contributed by atoms with Crippen LogP contribution in [-0.4, -0.2) is 20.2 Å². The zero-order chi connectivity index (χ0) is 12.0. The molecule has 0 radical (unpaired) electrons. The molecular formula is C11H12BrN5. The number of aromatic nitrogens is 4. The van der Waals surface area contributed by atoms with Crippen molar-refractivity contribution >= 4 is 21.6 Å². The quantitative estimate of drug-likeness (QED) is 0.863. The van der Waals surface area contributed by atoms with Crippen LogP contribution in [0.5, 0.6) is 0 Å². The van der Waals surface area contributed by atoms with Crippen LogP contribution in [0.3, 0.4) is 0 Å². The first-order valence-corrected chi connectivity index (χ1v) is 6.30. The predicted octanol–water partition coefficient (Wildman–Crippen LogP) is 2.27. The lowest BCUT2D eigenvalue weighted by Gasteiger charge is -2.07. The van der Waals surface area contributed by atoms with Gasteiger partial charge in [0.1, 0.15) is 0 Å². The highest BCUT2D eigenvalue weighted by molar-refractivity contribution is 9.10. The molecule has 1 aromatic carbocycles. The van der Waals surface area contributed by atoms with Crippen LogP contribution in [0.15, 0.2) is 22.7 Å². The molecule has 2 aromatic rings. The number of hydrogen-bond donors (Lipinski definition) is 1. The van der Waals surface area contributed by atoms with E-state index in [4.69, 9.17) is 5.73 Å². The molecule has 1 heterocycles. The van der Waals surface area contributed by atoms with E-state index in [2.05, 4.69) is 38.4 Å². The molecule has 6 heteroatoms. The Bertz CT molecular complexity index is 565. The van der Waals surface area contributed by atoms with Gasteiger partial charge in [0.05, 0.1) is 10.5 Å². The third-order valence-electron chi connectivity index (χ3n) is 3.14. The van der Waals surface area contributed by atoms with Gasteiger partial charge in [-0.25, -0.2) is 4.68 Å². The Balaban J connectivity index is 2.10. The van der Waals surface area contributed by atoms with Crippen molar-refractivity contribution in [2.75, 3.05) is 5.73 Å². The number of benzene rings is 1. The summed E-state index contributed by atoms with van der Waals surface area (Å²) in [7, 11) is 0. The number of nitrogens with two attached hydrogens (primary N) is 1. The van der Waals surface area contributed by atoms with Crippen molar-refractivity contribution in [2.24, 2.45) is 5.92 Å². The van der Waals surface area contributed by atoms with Crippen molar-refractivity contribution < 1.29 is 0 Å². The fourth-order valence-electron chi connectivity index (χ4n) is 1.96. The molecule has 5 nitrogen and oxygen atoms in total. The molecule has 3 rings (SSSR count). The summed E-state index contributed by atoms with van der Waals surface area (Å²) in [6, 6.07) is 6.15. The minimum atomic E-state index is 0.424. The number of rotatable bonds is 2. The monoisotopic (exact) mass is 293 g/mol. The molecule has 2 unspecified atom stereocenters. The lowest BCUT2D eigenvalue weighted by atomic mass is 10.2. The predicted molar refractivity (Wildman–Crippen MR) is 68.2 cm³/mol. The van der Waals surface area contributed by atoms with Gasteiger partial charge in [-0.15, -0.1) is 5.10 Å². The van der Waals surface area contributed by atoms with E-state index in [9.17, 15) is 0 Å². The van der Waals surface area contributed by atoms with E-state index in [0.29, 0.717) is 17.6 Å². The molecule has 2 atom stereocenters. The maximum atomic E-state index is 5.87. The second-order valence-corrected chi connectivity index (χ2v) is 5.23. The summed E-state index contributed by atoms with van der Waals surface area (Å²) in [5.41, 5.74) is 7.51. The number of nitrogen functional groups attached to an aromatic ring is 1. The SMILES string of the molecule is CC1CC1n1nnnc1-c1cccc(N)c1Br. The van der Waals surface area contributed by atoms with E-state index < -0.39 is 0 Å². The Morgan fingerprint density at radius 1 is 1.47 bits per heavy atom. The summed E-state index contributed by atoms with van der Waals surface area (Å²) in [6.45, 7) is 2.20. The summed E-state index contributed by atoms with van der Waals surface area (Å²) in [6.07, 6.45) is 1.14. The fraction of sp³-hybridized carbons (Fsp3) is 0.364. The van der Waals surface area contributed by atoms with E-state index >= 15 is 0 Å². The first-order valence-electron chi connectivity index (χ1n) is 5.50. The van der Waals surface area contributed by atoms with E-state index in [1.165, 1.54) is 0 Å². The zero-order valence-electron chi connectivity index (χ0n) is 9.34. The van der Waals surface area contributed by atoms with Gasteiger partial charge >= 0.3 is 0 Å². The van der Waals surface area contributed by atoms with Gasteiger partial charge in [0.2, 0.25) is 0 Å². The Labute approximate surface area is 107 Å². The highest BCUT2D eigenvalue weighted by Crippen LogP contribution is 2.44. The fourth-order valence-corrected chi connectivity index (χ4v) is 2.40. The van der Waals surface area contributed by atoms with Crippen LogP contribution in [-0.2, 0) is 0 Å². The van der Waals surface area contributed by atoms with Crippen molar-refractivity contribution in [3.63, 3.8) is 0 Å². The molecule has 0 bridgehead atoms. The van der Waals surface area contributed by atoms with Gasteiger partial charge in [0.15, 0.2) is 5.82 Å². The van der Waals surface area contributed by atoms with Crippen molar-refractivity contribution in [1.29, 1.82) is 0 Å². The molecule has 1 aliphatic rings. The van der Waals surface area contributed by atoms with Crippen LogP contribution in [0.25, 0.3) is 11.4 Å².